The van der Waals surface area contributed by atoms with Gasteiger partial charge in [-0.15, -0.1) is 0 Å². The van der Waals surface area contributed by atoms with Gasteiger partial charge in [0.05, 0.1) is 13.2 Å². The SMILES string of the molecule is CC(N)CNC(=O)c1ccc2c(c1)COC2. The first kappa shape index (κ1) is 11.1. The highest BCUT2D eigenvalue weighted by atomic mass is 16.5. The van der Waals surface area contributed by atoms with Crippen LogP contribution in [0.2, 0.25) is 0 Å². The molecule has 1 heterocycles. The van der Waals surface area contributed by atoms with E-state index in [1.807, 2.05) is 25.1 Å². The smallest absolute Gasteiger partial charge is 0.251 e. The number of hydrogen-bond acceptors (Lipinski definition) is 3. The monoisotopic (exact) mass is 220 g/mol. The standard InChI is InChI=1S/C12H16N2O2/c1-8(13)5-14-12(15)9-2-3-10-6-16-7-11(10)4-9/h2-4,8H,5-7,13H2,1H3,(H,14,15). The van der Waals surface area contributed by atoms with Gasteiger partial charge in [0.15, 0.2) is 0 Å². The number of fused-ring (bicyclic) bond motifs is 1. The van der Waals surface area contributed by atoms with Crippen LogP contribution < -0.4 is 11.1 Å². The van der Waals surface area contributed by atoms with Crippen LogP contribution in [0.15, 0.2) is 18.2 Å². The fraction of sp³-hybridized carbons (Fsp3) is 0.417. The minimum atomic E-state index is -0.0769. The van der Waals surface area contributed by atoms with E-state index in [0.717, 1.165) is 5.56 Å². The molecule has 1 aromatic rings. The Kier molecular flexibility index (Phi) is 3.22. The Bertz CT molecular complexity index is 402. The van der Waals surface area contributed by atoms with Crippen molar-refractivity contribution in [3.63, 3.8) is 0 Å². The van der Waals surface area contributed by atoms with E-state index in [2.05, 4.69) is 5.32 Å². The number of nitrogens with two attached hydrogens (primary N) is 1. The summed E-state index contributed by atoms with van der Waals surface area (Å²) in [6, 6.07) is 5.63. The molecule has 0 aromatic heterocycles. The number of rotatable bonds is 3. The van der Waals surface area contributed by atoms with Crippen molar-refractivity contribution < 1.29 is 9.53 Å². The fourth-order valence-corrected chi connectivity index (χ4v) is 1.67. The molecule has 1 unspecified atom stereocenters. The van der Waals surface area contributed by atoms with Crippen molar-refractivity contribution in [3.8, 4) is 0 Å². The maximum Gasteiger partial charge on any atom is 0.251 e. The van der Waals surface area contributed by atoms with Gasteiger partial charge < -0.3 is 15.8 Å². The molecule has 0 fully saturated rings. The van der Waals surface area contributed by atoms with Crippen molar-refractivity contribution in [1.82, 2.24) is 5.32 Å². The normalized spacial score (nSPS) is 15.6. The second kappa shape index (κ2) is 4.63. The number of benzene rings is 1. The molecule has 2 rings (SSSR count). The average Bonchev–Trinajstić information content (AvgIpc) is 2.72. The Hall–Kier alpha value is -1.39. The predicted octanol–water partition coefficient (Wildman–Crippen LogP) is 0.794. The number of ether oxygens (including phenoxy) is 1. The maximum absolute atomic E-state index is 11.7. The van der Waals surface area contributed by atoms with Crippen LogP contribution in [0.5, 0.6) is 0 Å². The zero-order valence-corrected chi connectivity index (χ0v) is 9.32. The lowest BCUT2D eigenvalue weighted by Gasteiger charge is -2.08. The van der Waals surface area contributed by atoms with Crippen molar-refractivity contribution >= 4 is 5.91 Å². The molecule has 86 valence electrons. The molecule has 16 heavy (non-hydrogen) atoms. The van der Waals surface area contributed by atoms with Crippen molar-refractivity contribution in [2.24, 2.45) is 5.73 Å². The molecule has 1 amide bonds. The van der Waals surface area contributed by atoms with Crippen LogP contribution in [0.1, 0.15) is 28.4 Å². The Balaban J connectivity index is 2.06. The Morgan fingerprint density at radius 3 is 3.00 bits per heavy atom. The average molecular weight is 220 g/mol. The van der Waals surface area contributed by atoms with E-state index in [4.69, 9.17) is 10.5 Å². The number of hydrogen-bond donors (Lipinski definition) is 2. The molecule has 1 aromatic carbocycles. The van der Waals surface area contributed by atoms with E-state index < -0.39 is 0 Å². The summed E-state index contributed by atoms with van der Waals surface area (Å²) in [6.45, 7) is 3.60. The highest BCUT2D eigenvalue weighted by Crippen LogP contribution is 2.20. The van der Waals surface area contributed by atoms with Crippen molar-refractivity contribution in [3.05, 3.63) is 34.9 Å². The number of amides is 1. The van der Waals surface area contributed by atoms with Gasteiger partial charge in [0.25, 0.3) is 5.91 Å². The van der Waals surface area contributed by atoms with Gasteiger partial charge in [0.2, 0.25) is 0 Å². The van der Waals surface area contributed by atoms with Gasteiger partial charge in [-0.1, -0.05) is 6.07 Å². The first-order valence-corrected chi connectivity index (χ1v) is 5.40. The minimum absolute atomic E-state index is 0.0262. The summed E-state index contributed by atoms with van der Waals surface area (Å²) in [6.07, 6.45) is 0. The molecule has 0 bridgehead atoms. The van der Waals surface area contributed by atoms with Crippen LogP contribution in [0.4, 0.5) is 0 Å². The summed E-state index contributed by atoms with van der Waals surface area (Å²) in [5, 5.41) is 2.78. The van der Waals surface area contributed by atoms with E-state index in [-0.39, 0.29) is 11.9 Å². The molecular formula is C12H16N2O2. The van der Waals surface area contributed by atoms with Gasteiger partial charge in [0.1, 0.15) is 0 Å². The quantitative estimate of drug-likeness (QED) is 0.791. The Morgan fingerprint density at radius 1 is 1.50 bits per heavy atom. The molecule has 4 nitrogen and oxygen atoms in total. The molecule has 1 atom stereocenters. The number of carbonyl (C=O) groups excluding carboxylic acids is 1. The molecule has 4 heteroatoms. The van der Waals surface area contributed by atoms with Crippen LogP contribution in [0.3, 0.4) is 0 Å². The molecule has 0 spiro atoms. The summed E-state index contributed by atoms with van der Waals surface area (Å²) in [5.41, 5.74) is 8.52. The van der Waals surface area contributed by atoms with Gasteiger partial charge in [-0.3, -0.25) is 4.79 Å². The molecular weight excluding hydrogens is 204 g/mol. The zero-order valence-electron chi connectivity index (χ0n) is 9.32. The highest BCUT2D eigenvalue weighted by molar-refractivity contribution is 5.94. The molecule has 0 aliphatic carbocycles. The first-order chi connectivity index (χ1) is 7.66. The van der Waals surface area contributed by atoms with Gasteiger partial charge >= 0.3 is 0 Å². The second-order valence-electron chi connectivity index (χ2n) is 4.16. The molecule has 0 saturated carbocycles. The van der Waals surface area contributed by atoms with Crippen LogP contribution in [-0.2, 0) is 18.0 Å². The largest absolute Gasteiger partial charge is 0.372 e. The summed E-state index contributed by atoms with van der Waals surface area (Å²) in [4.78, 5) is 11.7. The zero-order chi connectivity index (χ0) is 11.5. The molecule has 0 saturated heterocycles. The van der Waals surface area contributed by atoms with Gasteiger partial charge in [0, 0.05) is 18.2 Å². The third-order valence-corrected chi connectivity index (χ3v) is 2.57. The van der Waals surface area contributed by atoms with E-state index in [1.165, 1.54) is 5.56 Å². The summed E-state index contributed by atoms with van der Waals surface area (Å²) < 4.78 is 5.30. The number of carbonyl (C=O) groups is 1. The lowest BCUT2D eigenvalue weighted by Crippen LogP contribution is -2.35. The summed E-state index contributed by atoms with van der Waals surface area (Å²) >= 11 is 0. The Labute approximate surface area is 94.8 Å². The lowest BCUT2D eigenvalue weighted by molar-refractivity contribution is 0.0951. The van der Waals surface area contributed by atoms with Gasteiger partial charge in [-0.25, -0.2) is 0 Å². The molecule has 0 radical (unpaired) electrons. The highest BCUT2D eigenvalue weighted by Gasteiger charge is 2.14. The van der Waals surface area contributed by atoms with Crippen molar-refractivity contribution in [2.75, 3.05) is 6.54 Å². The van der Waals surface area contributed by atoms with E-state index in [9.17, 15) is 4.79 Å². The fourth-order valence-electron chi connectivity index (χ4n) is 1.67. The summed E-state index contributed by atoms with van der Waals surface area (Å²) in [7, 11) is 0. The van der Waals surface area contributed by atoms with Crippen LogP contribution in [-0.4, -0.2) is 18.5 Å². The van der Waals surface area contributed by atoms with Crippen molar-refractivity contribution in [1.29, 1.82) is 0 Å². The van der Waals surface area contributed by atoms with Gasteiger partial charge in [-0.05, 0) is 30.2 Å². The van der Waals surface area contributed by atoms with Crippen LogP contribution in [0.25, 0.3) is 0 Å². The predicted molar refractivity (Wildman–Crippen MR) is 60.9 cm³/mol. The first-order valence-electron chi connectivity index (χ1n) is 5.40. The Morgan fingerprint density at radius 2 is 2.25 bits per heavy atom. The summed E-state index contributed by atoms with van der Waals surface area (Å²) in [5.74, 6) is -0.0769. The third-order valence-electron chi connectivity index (χ3n) is 2.57. The topological polar surface area (TPSA) is 64.3 Å². The van der Waals surface area contributed by atoms with E-state index in [1.54, 1.807) is 0 Å². The second-order valence-corrected chi connectivity index (χ2v) is 4.16. The molecule has 1 aliphatic heterocycles. The van der Waals surface area contributed by atoms with Crippen LogP contribution in [0, 0.1) is 0 Å². The minimum Gasteiger partial charge on any atom is -0.372 e. The van der Waals surface area contributed by atoms with Gasteiger partial charge in [-0.2, -0.15) is 0 Å². The molecule has 1 aliphatic rings. The number of nitrogens with one attached hydrogen (secondary N) is 1. The van der Waals surface area contributed by atoms with Crippen LogP contribution >= 0.6 is 0 Å². The van der Waals surface area contributed by atoms with E-state index >= 15 is 0 Å². The maximum atomic E-state index is 11.7. The molecule has 3 N–H and O–H groups in total. The van der Waals surface area contributed by atoms with E-state index in [0.29, 0.717) is 25.3 Å². The lowest BCUT2D eigenvalue weighted by atomic mass is 10.1. The van der Waals surface area contributed by atoms with Crippen molar-refractivity contribution in [2.45, 2.75) is 26.2 Å². The third kappa shape index (κ3) is 2.40.